The Balaban J connectivity index is 1.70. The van der Waals surface area contributed by atoms with Crippen molar-refractivity contribution in [3.05, 3.63) is 59.2 Å². The molecule has 2 amide bonds. The molecule has 0 saturated heterocycles. The van der Waals surface area contributed by atoms with Crippen molar-refractivity contribution in [2.24, 2.45) is 0 Å². The van der Waals surface area contributed by atoms with Gasteiger partial charge in [-0.3, -0.25) is 9.59 Å². The molecule has 2 aromatic carbocycles. The van der Waals surface area contributed by atoms with Gasteiger partial charge in [-0.2, -0.15) is 0 Å². The molecule has 6 heteroatoms. The molecule has 26 heavy (non-hydrogen) atoms. The van der Waals surface area contributed by atoms with E-state index in [4.69, 9.17) is 9.47 Å². The minimum Gasteiger partial charge on any atom is -0.493 e. The third-order valence-corrected chi connectivity index (χ3v) is 4.14. The highest BCUT2D eigenvalue weighted by atomic mass is 16.5. The minimum atomic E-state index is -0.282. The van der Waals surface area contributed by atoms with Crippen molar-refractivity contribution in [2.45, 2.75) is 6.42 Å². The number of hydrogen-bond donors (Lipinski definition) is 2. The van der Waals surface area contributed by atoms with E-state index in [1.54, 1.807) is 44.6 Å². The van der Waals surface area contributed by atoms with Crippen LogP contribution in [0.2, 0.25) is 0 Å². The maximum atomic E-state index is 12.2. The summed E-state index contributed by atoms with van der Waals surface area (Å²) >= 11 is 0. The summed E-state index contributed by atoms with van der Waals surface area (Å²) in [5.41, 5.74) is 3.00. The number of methoxy groups -OCH3 is 2. The fourth-order valence-electron chi connectivity index (χ4n) is 2.80. The zero-order valence-electron chi connectivity index (χ0n) is 14.7. The first kappa shape index (κ1) is 17.5. The van der Waals surface area contributed by atoms with Crippen LogP contribution in [0.15, 0.2) is 42.5 Å². The molecule has 1 heterocycles. The van der Waals surface area contributed by atoms with E-state index in [0.29, 0.717) is 29.3 Å². The molecule has 2 N–H and O–H groups in total. The summed E-state index contributed by atoms with van der Waals surface area (Å²) in [5, 5.41) is 5.57. The summed E-state index contributed by atoms with van der Waals surface area (Å²) in [5.74, 6) is 0.830. The molecule has 0 atom stereocenters. The molecular weight excluding hydrogens is 332 g/mol. The van der Waals surface area contributed by atoms with Gasteiger partial charge in [-0.1, -0.05) is 12.1 Å². The normalized spacial score (nSPS) is 13.1. The van der Waals surface area contributed by atoms with E-state index in [9.17, 15) is 9.59 Å². The van der Waals surface area contributed by atoms with Crippen molar-refractivity contribution in [2.75, 3.05) is 26.1 Å². The van der Waals surface area contributed by atoms with Crippen molar-refractivity contribution in [3.8, 4) is 11.5 Å². The number of carbonyl (C=O) groups excluding carboxylic acids is 2. The molecule has 0 aliphatic carbocycles. The fraction of sp³-hybridized carbons (Fsp3) is 0.200. The van der Waals surface area contributed by atoms with Crippen LogP contribution in [0.3, 0.4) is 0 Å². The van der Waals surface area contributed by atoms with E-state index in [-0.39, 0.29) is 11.8 Å². The minimum absolute atomic E-state index is 0.108. The summed E-state index contributed by atoms with van der Waals surface area (Å²) in [6, 6.07) is 10.8. The van der Waals surface area contributed by atoms with Gasteiger partial charge in [0.05, 0.1) is 14.2 Å². The van der Waals surface area contributed by atoms with Crippen molar-refractivity contribution in [1.82, 2.24) is 5.32 Å². The predicted octanol–water partition coefficient (Wildman–Crippen LogP) is 2.64. The highest BCUT2D eigenvalue weighted by molar-refractivity contribution is 6.03. The summed E-state index contributed by atoms with van der Waals surface area (Å²) in [4.78, 5) is 24.0. The summed E-state index contributed by atoms with van der Waals surface area (Å²) in [7, 11) is 3.13. The van der Waals surface area contributed by atoms with Gasteiger partial charge in [-0.25, -0.2) is 0 Å². The monoisotopic (exact) mass is 352 g/mol. The van der Waals surface area contributed by atoms with Gasteiger partial charge in [-0.15, -0.1) is 0 Å². The van der Waals surface area contributed by atoms with Gasteiger partial charge in [-0.05, 0) is 47.9 Å². The number of rotatable bonds is 5. The van der Waals surface area contributed by atoms with Gasteiger partial charge in [0, 0.05) is 23.9 Å². The topological polar surface area (TPSA) is 76.7 Å². The van der Waals surface area contributed by atoms with Crippen molar-refractivity contribution >= 4 is 23.6 Å². The maximum Gasteiger partial charge on any atom is 0.251 e. The fourth-order valence-corrected chi connectivity index (χ4v) is 2.80. The number of benzene rings is 2. The summed E-state index contributed by atoms with van der Waals surface area (Å²) < 4.78 is 10.4. The van der Waals surface area contributed by atoms with Crippen molar-refractivity contribution in [1.29, 1.82) is 0 Å². The SMILES string of the molecule is COc1ccc(C=CC(=O)Nc2ccc3c(c2)C(=O)NCC3)cc1OC. The van der Waals surface area contributed by atoms with Crippen LogP contribution in [-0.4, -0.2) is 32.6 Å². The second kappa shape index (κ2) is 7.74. The summed E-state index contributed by atoms with van der Waals surface area (Å²) in [6.45, 7) is 0.644. The number of nitrogens with one attached hydrogen (secondary N) is 2. The number of ether oxygens (including phenoxy) is 2. The van der Waals surface area contributed by atoms with Crippen LogP contribution in [0.5, 0.6) is 11.5 Å². The molecule has 134 valence electrons. The predicted molar refractivity (Wildman–Crippen MR) is 99.7 cm³/mol. The van der Waals surface area contributed by atoms with Crippen molar-refractivity contribution < 1.29 is 19.1 Å². The highest BCUT2D eigenvalue weighted by Gasteiger charge is 2.16. The molecule has 0 bridgehead atoms. The second-order valence-corrected chi connectivity index (χ2v) is 5.81. The Hall–Kier alpha value is -3.28. The highest BCUT2D eigenvalue weighted by Crippen LogP contribution is 2.28. The molecule has 0 aromatic heterocycles. The molecule has 0 fully saturated rings. The van der Waals surface area contributed by atoms with E-state index in [2.05, 4.69) is 10.6 Å². The molecule has 0 spiro atoms. The van der Waals surface area contributed by atoms with Crippen LogP contribution < -0.4 is 20.1 Å². The standard InChI is InChI=1S/C20H20N2O4/c1-25-17-7-3-13(11-18(17)26-2)4-8-19(23)22-15-6-5-14-9-10-21-20(24)16(14)12-15/h3-8,11-12H,9-10H2,1-2H3,(H,21,24)(H,22,23). The van der Waals surface area contributed by atoms with Crippen LogP contribution in [0.1, 0.15) is 21.5 Å². The maximum absolute atomic E-state index is 12.2. The Morgan fingerprint density at radius 1 is 1.12 bits per heavy atom. The first-order valence-electron chi connectivity index (χ1n) is 8.23. The van der Waals surface area contributed by atoms with Crippen LogP contribution in [-0.2, 0) is 11.2 Å². The zero-order valence-corrected chi connectivity index (χ0v) is 14.7. The Morgan fingerprint density at radius 3 is 2.69 bits per heavy atom. The van der Waals surface area contributed by atoms with Gasteiger partial charge in [0.2, 0.25) is 5.91 Å². The molecular formula is C20H20N2O4. The van der Waals surface area contributed by atoms with Gasteiger partial charge in [0.1, 0.15) is 0 Å². The largest absolute Gasteiger partial charge is 0.493 e. The number of hydrogen-bond acceptors (Lipinski definition) is 4. The molecule has 3 rings (SSSR count). The Labute approximate surface area is 151 Å². The van der Waals surface area contributed by atoms with E-state index in [0.717, 1.165) is 17.5 Å². The quantitative estimate of drug-likeness (QED) is 0.811. The average Bonchev–Trinajstić information content (AvgIpc) is 2.66. The Kier molecular flexibility index (Phi) is 5.22. The first-order valence-corrected chi connectivity index (χ1v) is 8.23. The Bertz CT molecular complexity index is 874. The van der Waals surface area contributed by atoms with E-state index in [1.165, 1.54) is 6.08 Å². The lowest BCUT2D eigenvalue weighted by Crippen LogP contribution is -2.31. The molecule has 2 aromatic rings. The van der Waals surface area contributed by atoms with Crippen LogP contribution in [0, 0.1) is 0 Å². The lowest BCUT2D eigenvalue weighted by molar-refractivity contribution is -0.111. The van der Waals surface area contributed by atoms with E-state index >= 15 is 0 Å². The van der Waals surface area contributed by atoms with Crippen LogP contribution in [0.25, 0.3) is 6.08 Å². The number of anilines is 1. The van der Waals surface area contributed by atoms with Gasteiger partial charge < -0.3 is 20.1 Å². The van der Waals surface area contributed by atoms with Crippen molar-refractivity contribution in [3.63, 3.8) is 0 Å². The van der Waals surface area contributed by atoms with E-state index in [1.807, 2.05) is 12.1 Å². The second-order valence-electron chi connectivity index (χ2n) is 5.81. The number of amides is 2. The Morgan fingerprint density at radius 2 is 1.92 bits per heavy atom. The van der Waals surface area contributed by atoms with Crippen LogP contribution >= 0.6 is 0 Å². The average molecular weight is 352 g/mol. The van der Waals surface area contributed by atoms with Crippen LogP contribution in [0.4, 0.5) is 5.69 Å². The molecule has 0 unspecified atom stereocenters. The first-order chi connectivity index (χ1) is 12.6. The number of fused-ring (bicyclic) bond motifs is 1. The smallest absolute Gasteiger partial charge is 0.251 e. The van der Waals surface area contributed by atoms with Gasteiger partial charge in [0.15, 0.2) is 11.5 Å². The lowest BCUT2D eigenvalue weighted by Gasteiger charge is -2.17. The van der Waals surface area contributed by atoms with Gasteiger partial charge in [0.25, 0.3) is 5.91 Å². The molecule has 1 aliphatic heterocycles. The third kappa shape index (κ3) is 3.85. The summed E-state index contributed by atoms with van der Waals surface area (Å²) in [6.07, 6.45) is 3.91. The third-order valence-electron chi connectivity index (χ3n) is 4.14. The van der Waals surface area contributed by atoms with E-state index < -0.39 is 0 Å². The van der Waals surface area contributed by atoms with Gasteiger partial charge >= 0.3 is 0 Å². The zero-order chi connectivity index (χ0) is 18.5. The molecule has 1 aliphatic rings. The molecule has 0 radical (unpaired) electrons. The molecule has 6 nitrogen and oxygen atoms in total. The molecule has 0 saturated carbocycles. The number of carbonyl (C=O) groups is 2. The lowest BCUT2D eigenvalue weighted by atomic mass is 10.00.